The van der Waals surface area contributed by atoms with Crippen LogP contribution < -0.4 is 5.32 Å². The van der Waals surface area contributed by atoms with E-state index >= 15 is 0 Å². The molecule has 2 aromatic rings. The second kappa shape index (κ2) is 6.82. The van der Waals surface area contributed by atoms with E-state index in [1.54, 1.807) is 25.1 Å². The van der Waals surface area contributed by atoms with Crippen LogP contribution in [0.3, 0.4) is 0 Å². The van der Waals surface area contributed by atoms with E-state index in [9.17, 15) is 18.0 Å². The molecule has 1 unspecified atom stereocenters. The normalized spacial score (nSPS) is 12.9. The Labute approximate surface area is 130 Å². The minimum Gasteiger partial charge on any atom is -0.396 e. The van der Waals surface area contributed by atoms with Crippen molar-refractivity contribution in [1.29, 1.82) is 0 Å². The van der Waals surface area contributed by atoms with Crippen LogP contribution in [0.15, 0.2) is 36.5 Å². The standard InChI is InChI=1S/C15H16F3N3O2/c1-10(9-22)8-19-14(23)11-3-2-4-12(7-11)21-6-5-13(20-21)15(16,17)18/h2-7,10,22H,8-9H2,1H3,(H,19,23). The summed E-state index contributed by atoms with van der Waals surface area (Å²) in [5.41, 5.74) is -0.343. The molecular weight excluding hydrogens is 311 g/mol. The highest BCUT2D eigenvalue weighted by molar-refractivity contribution is 5.94. The molecule has 23 heavy (non-hydrogen) atoms. The fraction of sp³-hybridized carbons (Fsp3) is 0.333. The van der Waals surface area contributed by atoms with Gasteiger partial charge in [-0.25, -0.2) is 4.68 Å². The highest BCUT2D eigenvalue weighted by atomic mass is 19.4. The molecule has 0 fully saturated rings. The number of nitrogens with one attached hydrogen (secondary N) is 1. The van der Waals surface area contributed by atoms with E-state index in [1.807, 2.05) is 0 Å². The predicted octanol–water partition coefficient (Wildman–Crippen LogP) is 2.25. The van der Waals surface area contributed by atoms with Crippen molar-refractivity contribution >= 4 is 5.91 Å². The van der Waals surface area contributed by atoms with Crippen molar-refractivity contribution < 1.29 is 23.1 Å². The maximum atomic E-state index is 12.6. The molecule has 0 radical (unpaired) electrons. The van der Waals surface area contributed by atoms with Crippen LogP contribution >= 0.6 is 0 Å². The first kappa shape index (κ1) is 17.0. The summed E-state index contributed by atoms with van der Waals surface area (Å²) in [6, 6.07) is 6.99. The maximum absolute atomic E-state index is 12.6. The zero-order chi connectivity index (χ0) is 17.0. The maximum Gasteiger partial charge on any atom is 0.435 e. The van der Waals surface area contributed by atoms with Crippen molar-refractivity contribution in [2.45, 2.75) is 13.1 Å². The Morgan fingerprint density at radius 3 is 2.74 bits per heavy atom. The molecule has 0 aliphatic heterocycles. The van der Waals surface area contributed by atoms with Gasteiger partial charge in [0.25, 0.3) is 5.91 Å². The van der Waals surface area contributed by atoms with Crippen LogP contribution in [0.1, 0.15) is 23.0 Å². The van der Waals surface area contributed by atoms with Crippen LogP contribution in [-0.2, 0) is 6.18 Å². The van der Waals surface area contributed by atoms with E-state index < -0.39 is 11.9 Å². The van der Waals surface area contributed by atoms with Gasteiger partial charge >= 0.3 is 6.18 Å². The number of rotatable bonds is 5. The van der Waals surface area contributed by atoms with Gasteiger partial charge in [0.1, 0.15) is 0 Å². The summed E-state index contributed by atoms with van der Waals surface area (Å²) < 4.78 is 38.8. The molecule has 8 heteroatoms. The van der Waals surface area contributed by atoms with E-state index in [2.05, 4.69) is 10.4 Å². The number of aromatic nitrogens is 2. The Balaban J connectivity index is 2.16. The molecule has 1 aromatic heterocycles. The van der Waals surface area contributed by atoms with Crippen molar-refractivity contribution in [2.75, 3.05) is 13.2 Å². The topological polar surface area (TPSA) is 67.2 Å². The molecule has 1 atom stereocenters. The van der Waals surface area contributed by atoms with Crippen LogP contribution in [-0.4, -0.2) is 33.9 Å². The van der Waals surface area contributed by atoms with Crippen molar-refractivity contribution in [3.8, 4) is 5.69 Å². The number of aliphatic hydroxyl groups excluding tert-OH is 1. The van der Waals surface area contributed by atoms with Crippen LogP contribution in [0.25, 0.3) is 5.69 Å². The van der Waals surface area contributed by atoms with Gasteiger partial charge in [-0.3, -0.25) is 4.79 Å². The number of nitrogens with zero attached hydrogens (tertiary/aromatic N) is 2. The average molecular weight is 327 g/mol. The van der Waals surface area contributed by atoms with Gasteiger partial charge in [-0.2, -0.15) is 18.3 Å². The number of carbonyl (C=O) groups excluding carboxylic acids is 1. The van der Waals surface area contributed by atoms with Crippen molar-refractivity contribution in [1.82, 2.24) is 15.1 Å². The van der Waals surface area contributed by atoms with Crippen LogP contribution in [0, 0.1) is 5.92 Å². The fourth-order valence-electron chi connectivity index (χ4n) is 1.84. The van der Waals surface area contributed by atoms with Gasteiger partial charge in [0.15, 0.2) is 5.69 Å². The van der Waals surface area contributed by atoms with Crippen molar-refractivity contribution in [3.63, 3.8) is 0 Å². The highest BCUT2D eigenvalue weighted by Crippen LogP contribution is 2.27. The smallest absolute Gasteiger partial charge is 0.396 e. The monoisotopic (exact) mass is 327 g/mol. The predicted molar refractivity (Wildman–Crippen MR) is 77.1 cm³/mol. The molecule has 0 saturated carbocycles. The van der Waals surface area contributed by atoms with E-state index in [0.29, 0.717) is 17.8 Å². The number of hydrogen-bond donors (Lipinski definition) is 2. The second-order valence-electron chi connectivity index (χ2n) is 5.19. The third kappa shape index (κ3) is 4.32. The summed E-state index contributed by atoms with van der Waals surface area (Å²) in [6.07, 6.45) is -3.33. The van der Waals surface area contributed by atoms with Gasteiger partial charge in [-0.1, -0.05) is 13.0 Å². The van der Waals surface area contributed by atoms with Crippen LogP contribution in [0.5, 0.6) is 0 Å². The number of hydrogen-bond acceptors (Lipinski definition) is 3. The molecule has 5 nitrogen and oxygen atoms in total. The van der Waals surface area contributed by atoms with Gasteiger partial charge in [0, 0.05) is 24.9 Å². The molecule has 124 valence electrons. The van der Waals surface area contributed by atoms with Gasteiger partial charge < -0.3 is 10.4 Å². The first-order chi connectivity index (χ1) is 10.8. The van der Waals surface area contributed by atoms with Crippen LogP contribution in [0.2, 0.25) is 0 Å². The summed E-state index contributed by atoms with van der Waals surface area (Å²) in [6.45, 7) is 2.03. The zero-order valence-corrected chi connectivity index (χ0v) is 12.3. The highest BCUT2D eigenvalue weighted by Gasteiger charge is 2.33. The summed E-state index contributed by atoms with van der Waals surface area (Å²) in [5, 5.41) is 15.0. The lowest BCUT2D eigenvalue weighted by atomic mass is 10.1. The van der Waals surface area contributed by atoms with E-state index in [0.717, 1.165) is 10.7 Å². The van der Waals surface area contributed by atoms with E-state index in [-0.39, 0.29) is 18.4 Å². The van der Waals surface area contributed by atoms with Gasteiger partial charge in [-0.05, 0) is 30.2 Å². The first-order valence-electron chi connectivity index (χ1n) is 6.93. The fourth-order valence-corrected chi connectivity index (χ4v) is 1.84. The summed E-state index contributed by atoms with van der Waals surface area (Å²) in [5.74, 6) is -0.446. The molecule has 1 amide bonds. The van der Waals surface area contributed by atoms with Crippen LogP contribution in [0.4, 0.5) is 13.2 Å². The Morgan fingerprint density at radius 1 is 1.39 bits per heavy atom. The lowest BCUT2D eigenvalue weighted by Gasteiger charge is -2.10. The molecule has 2 N–H and O–H groups in total. The molecule has 1 aromatic carbocycles. The lowest BCUT2D eigenvalue weighted by molar-refractivity contribution is -0.141. The lowest BCUT2D eigenvalue weighted by Crippen LogP contribution is -2.29. The minimum absolute atomic E-state index is 0.0478. The Kier molecular flexibility index (Phi) is 5.05. The number of benzene rings is 1. The van der Waals surface area contributed by atoms with Gasteiger partial charge in [0.2, 0.25) is 0 Å². The quantitative estimate of drug-likeness (QED) is 0.885. The zero-order valence-electron chi connectivity index (χ0n) is 12.3. The molecule has 2 rings (SSSR count). The summed E-state index contributed by atoms with van der Waals surface area (Å²) in [4.78, 5) is 12.0. The molecule has 0 spiro atoms. The van der Waals surface area contributed by atoms with E-state index in [1.165, 1.54) is 12.3 Å². The third-order valence-corrected chi connectivity index (χ3v) is 3.18. The Bertz CT molecular complexity index is 683. The number of carbonyl (C=O) groups is 1. The molecule has 0 aliphatic rings. The SMILES string of the molecule is CC(CO)CNC(=O)c1cccc(-n2ccc(C(F)(F)F)n2)c1. The van der Waals surface area contributed by atoms with E-state index in [4.69, 9.17) is 5.11 Å². The number of amides is 1. The molecule has 0 aliphatic carbocycles. The van der Waals surface area contributed by atoms with Crippen molar-refractivity contribution in [2.24, 2.45) is 5.92 Å². The number of halogens is 3. The summed E-state index contributed by atoms with van der Waals surface area (Å²) in [7, 11) is 0. The second-order valence-corrected chi connectivity index (χ2v) is 5.19. The van der Waals surface area contributed by atoms with Crippen molar-refractivity contribution in [3.05, 3.63) is 47.8 Å². The van der Waals surface area contributed by atoms with Gasteiger partial charge in [0.05, 0.1) is 5.69 Å². The molecular formula is C15H16F3N3O2. The third-order valence-electron chi connectivity index (χ3n) is 3.18. The first-order valence-corrected chi connectivity index (χ1v) is 6.93. The Hall–Kier alpha value is -2.35. The summed E-state index contributed by atoms with van der Waals surface area (Å²) >= 11 is 0. The Morgan fingerprint density at radius 2 is 2.13 bits per heavy atom. The molecule has 1 heterocycles. The van der Waals surface area contributed by atoms with Gasteiger partial charge in [-0.15, -0.1) is 0 Å². The number of alkyl halides is 3. The molecule has 0 saturated heterocycles. The molecule has 0 bridgehead atoms. The number of aliphatic hydroxyl groups is 1. The minimum atomic E-state index is -4.51. The average Bonchev–Trinajstić information content (AvgIpc) is 3.02. The largest absolute Gasteiger partial charge is 0.435 e.